The Morgan fingerprint density at radius 2 is 1.91 bits per heavy atom. The first kappa shape index (κ1) is 22.2. The molecule has 2 aromatic heterocycles. The van der Waals surface area contributed by atoms with E-state index in [1.54, 1.807) is 37.6 Å². The van der Waals surface area contributed by atoms with Crippen LogP contribution < -0.4 is 14.3 Å². The zero-order valence-corrected chi connectivity index (χ0v) is 18.4. The van der Waals surface area contributed by atoms with E-state index in [0.29, 0.717) is 45.6 Å². The first-order chi connectivity index (χ1) is 15.5. The lowest BCUT2D eigenvalue weighted by Crippen LogP contribution is -2.17. The van der Waals surface area contributed by atoms with Crippen LogP contribution in [0.25, 0.3) is 11.0 Å². The van der Waals surface area contributed by atoms with Gasteiger partial charge in [-0.1, -0.05) is 53.7 Å². The number of alkyl halides is 2. The molecule has 0 saturated heterocycles. The number of methoxy groups -OCH3 is 1. The molecule has 0 N–H and O–H groups in total. The predicted octanol–water partition coefficient (Wildman–Crippen LogP) is 5.62. The molecule has 4 rings (SSSR count). The van der Waals surface area contributed by atoms with Crippen molar-refractivity contribution >= 4 is 34.4 Å². The largest absolute Gasteiger partial charge is 0.493 e. The number of thioether (sulfide) groups is 1. The molecule has 166 valence electrons. The highest BCUT2D eigenvalue weighted by molar-refractivity contribution is 7.98. The van der Waals surface area contributed by atoms with Crippen molar-refractivity contribution in [2.24, 2.45) is 0 Å². The van der Waals surface area contributed by atoms with Crippen molar-refractivity contribution in [3.8, 4) is 11.5 Å². The number of pyridine rings is 1. The Hall–Kier alpha value is -3.04. The van der Waals surface area contributed by atoms with Gasteiger partial charge in [-0.05, 0) is 23.8 Å². The van der Waals surface area contributed by atoms with E-state index in [2.05, 4.69) is 14.8 Å². The average Bonchev–Trinajstić information content (AvgIpc) is 3.12. The molecule has 0 saturated carbocycles. The number of rotatable bonds is 9. The highest BCUT2D eigenvalue weighted by atomic mass is 35.5. The standard InChI is InChI=1S/C22H18ClF2N3O3S/c1-29-19-10-16(26-11-20(19)30-12-14-5-3-2-4-6-14)13-32-22-27-17-9-15(23)7-8-18(17)28(22)31-21(24)25/h2-11,21H,12-13H2,1H3. The van der Waals surface area contributed by atoms with Gasteiger partial charge in [-0.15, -0.1) is 0 Å². The summed E-state index contributed by atoms with van der Waals surface area (Å²) in [5.74, 6) is 1.38. The molecule has 0 bridgehead atoms. The Bertz CT molecular complexity index is 1210. The van der Waals surface area contributed by atoms with Crippen LogP contribution in [0, 0.1) is 0 Å². The third-order valence-corrected chi connectivity index (χ3v) is 5.62. The van der Waals surface area contributed by atoms with Gasteiger partial charge in [0.25, 0.3) is 0 Å². The molecule has 0 aliphatic heterocycles. The molecule has 0 spiro atoms. The number of halogens is 3. The molecule has 2 heterocycles. The van der Waals surface area contributed by atoms with E-state index >= 15 is 0 Å². The first-order valence-corrected chi connectivity index (χ1v) is 10.9. The molecule has 0 aliphatic carbocycles. The van der Waals surface area contributed by atoms with Gasteiger partial charge in [-0.3, -0.25) is 4.98 Å². The summed E-state index contributed by atoms with van der Waals surface area (Å²) in [5.41, 5.74) is 2.53. The summed E-state index contributed by atoms with van der Waals surface area (Å²) in [4.78, 5) is 13.4. The lowest BCUT2D eigenvalue weighted by molar-refractivity contribution is -0.135. The van der Waals surface area contributed by atoms with Crippen molar-refractivity contribution < 1.29 is 23.1 Å². The van der Waals surface area contributed by atoms with E-state index in [4.69, 9.17) is 21.1 Å². The number of hydrogen-bond acceptors (Lipinski definition) is 6. The molecular weight excluding hydrogens is 460 g/mol. The number of fused-ring (bicyclic) bond motifs is 1. The number of benzene rings is 2. The van der Waals surface area contributed by atoms with Gasteiger partial charge in [-0.25, -0.2) is 4.98 Å². The van der Waals surface area contributed by atoms with E-state index in [1.807, 2.05) is 30.3 Å². The second-order valence-electron chi connectivity index (χ2n) is 6.58. The molecule has 32 heavy (non-hydrogen) atoms. The Labute approximate surface area is 192 Å². The van der Waals surface area contributed by atoms with Crippen LogP contribution in [0.5, 0.6) is 11.5 Å². The Morgan fingerprint density at radius 3 is 2.66 bits per heavy atom. The summed E-state index contributed by atoms with van der Waals surface area (Å²) >= 11 is 7.19. The second kappa shape index (κ2) is 10.1. The van der Waals surface area contributed by atoms with Crippen LogP contribution in [0.1, 0.15) is 11.3 Å². The number of imidazole rings is 1. The molecule has 0 unspecified atom stereocenters. The van der Waals surface area contributed by atoms with Crippen molar-refractivity contribution in [2.45, 2.75) is 24.1 Å². The van der Waals surface area contributed by atoms with Crippen LogP contribution in [0.2, 0.25) is 5.02 Å². The first-order valence-electron chi connectivity index (χ1n) is 9.49. The number of hydrogen-bond donors (Lipinski definition) is 0. The molecule has 0 fully saturated rings. The molecule has 10 heteroatoms. The van der Waals surface area contributed by atoms with Crippen LogP contribution in [-0.2, 0) is 12.4 Å². The highest BCUT2D eigenvalue weighted by Crippen LogP contribution is 2.31. The number of aromatic nitrogens is 3. The molecule has 0 amide bonds. The summed E-state index contributed by atoms with van der Waals surface area (Å²) in [6.45, 7) is -2.62. The molecular formula is C22H18ClF2N3O3S. The molecule has 6 nitrogen and oxygen atoms in total. The predicted molar refractivity (Wildman–Crippen MR) is 118 cm³/mol. The lowest BCUT2D eigenvalue weighted by atomic mass is 10.2. The topological polar surface area (TPSA) is 58.4 Å². The Kier molecular flexibility index (Phi) is 6.96. The lowest BCUT2D eigenvalue weighted by Gasteiger charge is -2.12. The van der Waals surface area contributed by atoms with Gasteiger partial charge >= 0.3 is 6.61 Å². The maximum atomic E-state index is 12.9. The van der Waals surface area contributed by atoms with E-state index in [9.17, 15) is 8.78 Å². The van der Waals surface area contributed by atoms with E-state index < -0.39 is 6.61 Å². The van der Waals surface area contributed by atoms with Gasteiger partial charge in [0, 0.05) is 16.8 Å². The van der Waals surface area contributed by atoms with E-state index in [1.165, 1.54) is 11.8 Å². The van der Waals surface area contributed by atoms with Crippen LogP contribution in [-0.4, -0.2) is 28.4 Å². The fourth-order valence-electron chi connectivity index (χ4n) is 2.97. The average molecular weight is 478 g/mol. The van der Waals surface area contributed by atoms with Crippen molar-refractivity contribution in [3.63, 3.8) is 0 Å². The Balaban J connectivity index is 1.50. The fraction of sp³-hybridized carbons (Fsp3) is 0.182. The van der Waals surface area contributed by atoms with Gasteiger partial charge in [0.15, 0.2) is 11.5 Å². The molecule has 0 atom stereocenters. The Morgan fingerprint density at radius 1 is 1.09 bits per heavy atom. The quantitative estimate of drug-likeness (QED) is 0.292. The fourth-order valence-corrected chi connectivity index (χ4v) is 3.99. The smallest absolute Gasteiger partial charge is 0.405 e. The van der Waals surface area contributed by atoms with E-state index in [-0.39, 0.29) is 5.16 Å². The second-order valence-corrected chi connectivity index (χ2v) is 7.96. The van der Waals surface area contributed by atoms with Gasteiger partial charge < -0.3 is 14.3 Å². The van der Waals surface area contributed by atoms with E-state index in [0.717, 1.165) is 10.3 Å². The van der Waals surface area contributed by atoms with Crippen molar-refractivity contribution in [2.75, 3.05) is 7.11 Å². The van der Waals surface area contributed by atoms with Gasteiger partial charge in [0.1, 0.15) is 12.1 Å². The molecule has 4 aromatic rings. The molecule has 0 radical (unpaired) electrons. The summed E-state index contributed by atoms with van der Waals surface area (Å²) in [6, 6.07) is 16.2. The zero-order valence-electron chi connectivity index (χ0n) is 16.9. The summed E-state index contributed by atoms with van der Waals surface area (Å²) in [7, 11) is 1.54. The normalized spacial score (nSPS) is 11.2. The zero-order chi connectivity index (χ0) is 22.5. The summed E-state index contributed by atoms with van der Waals surface area (Å²) in [5, 5.41) is 0.709. The maximum Gasteiger partial charge on any atom is 0.405 e. The van der Waals surface area contributed by atoms with Crippen molar-refractivity contribution in [3.05, 3.63) is 77.1 Å². The number of ether oxygens (including phenoxy) is 2. The van der Waals surface area contributed by atoms with Crippen molar-refractivity contribution in [1.29, 1.82) is 0 Å². The third-order valence-electron chi connectivity index (χ3n) is 4.43. The SMILES string of the molecule is COc1cc(CSc2nc3cc(Cl)ccc3n2OC(F)F)ncc1OCc1ccccc1. The van der Waals surface area contributed by atoms with Crippen LogP contribution in [0.15, 0.2) is 66.0 Å². The highest BCUT2D eigenvalue weighted by Gasteiger charge is 2.17. The van der Waals surface area contributed by atoms with Crippen LogP contribution in [0.3, 0.4) is 0 Å². The van der Waals surface area contributed by atoms with Gasteiger partial charge in [-0.2, -0.15) is 13.5 Å². The third kappa shape index (κ3) is 5.23. The van der Waals surface area contributed by atoms with Crippen LogP contribution >= 0.6 is 23.4 Å². The minimum atomic E-state index is -3.00. The van der Waals surface area contributed by atoms with Gasteiger partial charge in [0.2, 0.25) is 5.16 Å². The van der Waals surface area contributed by atoms with Crippen molar-refractivity contribution in [1.82, 2.24) is 14.7 Å². The van der Waals surface area contributed by atoms with Gasteiger partial charge in [0.05, 0.1) is 24.5 Å². The molecule has 0 aliphatic rings. The summed E-state index contributed by atoms with van der Waals surface area (Å²) in [6.07, 6.45) is 1.58. The monoisotopic (exact) mass is 477 g/mol. The number of nitrogens with zero attached hydrogens (tertiary/aromatic N) is 3. The maximum absolute atomic E-state index is 12.9. The minimum Gasteiger partial charge on any atom is -0.493 e. The minimum absolute atomic E-state index is 0.257. The molecule has 2 aromatic carbocycles. The van der Waals surface area contributed by atoms with Crippen LogP contribution in [0.4, 0.5) is 8.78 Å². The summed E-state index contributed by atoms with van der Waals surface area (Å²) < 4.78 is 38.1.